The van der Waals surface area contributed by atoms with E-state index >= 15 is 0 Å². The van der Waals surface area contributed by atoms with Crippen LogP contribution in [0.25, 0.3) is 0 Å². The third-order valence-electron chi connectivity index (χ3n) is 5.40. The molecule has 0 saturated carbocycles. The molecule has 0 spiro atoms. The number of benzene rings is 1. The van der Waals surface area contributed by atoms with Gasteiger partial charge in [0.2, 0.25) is 0 Å². The molecular formula is C20H31FN4O. The van der Waals surface area contributed by atoms with Gasteiger partial charge in [0.1, 0.15) is 11.9 Å². The van der Waals surface area contributed by atoms with Crippen molar-refractivity contribution in [1.29, 1.82) is 0 Å². The maximum absolute atomic E-state index is 13.2. The van der Waals surface area contributed by atoms with Gasteiger partial charge >= 0.3 is 0 Å². The minimum Gasteiger partial charge on any atom is -0.367 e. The van der Waals surface area contributed by atoms with Crippen molar-refractivity contribution in [3.05, 3.63) is 35.6 Å². The third kappa shape index (κ3) is 4.95. The third-order valence-corrected chi connectivity index (χ3v) is 5.40. The number of morpholine rings is 1. The first-order valence-electron chi connectivity index (χ1n) is 9.60. The first-order chi connectivity index (χ1) is 12.5. The summed E-state index contributed by atoms with van der Waals surface area (Å²) in [6.07, 6.45) is 2.50. The fraction of sp³-hybridized carbons (Fsp3) is 0.650. The Hall–Kier alpha value is -1.66. The summed E-state index contributed by atoms with van der Waals surface area (Å²) in [5, 5.41) is 3.57. The summed E-state index contributed by atoms with van der Waals surface area (Å²) in [5.41, 5.74) is 1.01. The normalized spacial score (nSPS) is 26.2. The minimum absolute atomic E-state index is 0.0683. The van der Waals surface area contributed by atoms with Crippen molar-refractivity contribution in [1.82, 2.24) is 15.1 Å². The fourth-order valence-corrected chi connectivity index (χ4v) is 3.82. The molecule has 2 saturated heterocycles. The Morgan fingerprint density at radius 2 is 1.92 bits per heavy atom. The topological polar surface area (TPSA) is 40.1 Å². The molecule has 2 aliphatic heterocycles. The maximum atomic E-state index is 13.2. The van der Waals surface area contributed by atoms with E-state index in [1.165, 1.54) is 38.1 Å². The number of likely N-dealkylation sites (tertiary alicyclic amines) is 1. The van der Waals surface area contributed by atoms with Crippen LogP contribution < -0.4 is 5.32 Å². The number of nitrogens with one attached hydrogen (secondary N) is 1. The van der Waals surface area contributed by atoms with Crippen LogP contribution in [0, 0.1) is 11.7 Å². The maximum Gasteiger partial charge on any atom is 0.193 e. The molecule has 1 aromatic rings. The van der Waals surface area contributed by atoms with Crippen molar-refractivity contribution in [3.63, 3.8) is 0 Å². The van der Waals surface area contributed by atoms with Gasteiger partial charge in [0.05, 0.1) is 12.6 Å². The number of ether oxygens (including phenoxy) is 1. The molecular weight excluding hydrogens is 331 g/mol. The van der Waals surface area contributed by atoms with Crippen LogP contribution in [0.2, 0.25) is 0 Å². The Bertz CT molecular complexity index is 598. The van der Waals surface area contributed by atoms with Gasteiger partial charge in [-0.05, 0) is 63.5 Å². The first kappa shape index (κ1) is 19.1. The van der Waals surface area contributed by atoms with Gasteiger partial charge in [-0.2, -0.15) is 0 Å². The van der Waals surface area contributed by atoms with E-state index in [-0.39, 0.29) is 18.0 Å². The number of hydrogen-bond donors (Lipinski definition) is 1. The molecule has 2 fully saturated rings. The van der Waals surface area contributed by atoms with Crippen LogP contribution in [0.5, 0.6) is 0 Å². The largest absolute Gasteiger partial charge is 0.367 e. The van der Waals surface area contributed by atoms with Gasteiger partial charge in [0.25, 0.3) is 0 Å². The number of aliphatic imine (C=N–C) groups is 1. The lowest BCUT2D eigenvalue weighted by Crippen LogP contribution is -2.51. The molecule has 3 rings (SSSR count). The average molecular weight is 362 g/mol. The van der Waals surface area contributed by atoms with Crippen LogP contribution in [-0.2, 0) is 4.74 Å². The second kappa shape index (κ2) is 8.82. The lowest BCUT2D eigenvalue weighted by Gasteiger charge is -2.39. The van der Waals surface area contributed by atoms with Gasteiger partial charge in [-0.15, -0.1) is 0 Å². The Morgan fingerprint density at radius 3 is 2.58 bits per heavy atom. The number of guanidine groups is 1. The van der Waals surface area contributed by atoms with Gasteiger partial charge in [-0.3, -0.25) is 4.99 Å². The summed E-state index contributed by atoms with van der Waals surface area (Å²) < 4.78 is 19.3. The lowest BCUT2D eigenvalue weighted by atomic mass is 9.97. The van der Waals surface area contributed by atoms with Gasteiger partial charge in [0, 0.05) is 20.1 Å². The predicted octanol–water partition coefficient (Wildman–Crippen LogP) is 2.50. The summed E-state index contributed by atoms with van der Waals surface area (Å²) in [6, 6.07) is 6.61. The van der Waals surface area contributed by atoms with Gasteiger partial charge in [-0.1, -0.05) is 12.1 Å². The molecule has 1 N–H and O–H groups in total. The number of halogens is 1. The standard InChI is InChI=1S/C20H31FN4O/c1-15-13-25(14-19(26-15)17-4-6-18(21)7-5-17)20(22-2)23-12-16-8-10-24(3)11-9-16/h4-7,15-16,19H,8-14H2,1-3H3,(H,22,23). The highest BCUT2D eigenvalue weighted by Gasteiger charge is 2.28. The first-order valence-corrected chi connectivity index (χ1v) is 9.60. The molecule has 1 aromatic carbocycles. The van der Waals surface area contributed by atoms with Crippen molar-refractivity contribution in [3.8, 4) is 0 Å². The zero-order chi connectivity index (χ0) is 18.5. The van der Waals surface area contributed by atoms with E-state index < -0.39 is 0 Å². The van der Waals surface area contributed by atoms with E-state index in [0.717, 1.165) is 31.2 Å². The molecule has 2 atom stereocenters. The minimum atomic E-state index is -0.218. The van der Waals surface area contributed by atoms with Crippen molar-refractivity contribution >= 4 is 5.96 Å². The molecule has 6 heteroatoms. The van der Waals surface area contributed by atoms with Gasteiger partial charge in [-0.25, -0.2) is 4.39 Å². The highest BCUT2D eigenvalue weighted by molar-refractivity contribution is 5.80. The summed E-state index contributed by atoms with van der Waals surface area (Å²) >= 11 is 0. The molecule has 26 heavy (non-hydrogen) atoms. The quantitative estimate of drug-likeness (QED) is 0.663. The summed E-state index contributed by atoms with van der Waals surface area (Å²) in [5.74, 6) is 1.42. The SMILES string of the molecule is CN=C(NCC1CCN(C)CC1)N1CC(C)OC(c2ccc(F)cc2)C1. The van der Waals surface area contributed by atoms with Crippen LogP contribution in [0.3, 0.4) is 0 Å². The molecule has 144 valence electrons. The zero-order valence-electron chi connectivity index (χ0n) is 16.1. The Morgan fingerprint density at radius 1 is 1.23 bits per heavy atom. The van der Waals surface area contributed by atoms with Crippen molar-refractivity contribution in [2.75, 3.05) is 46.8 Å². The van der Waals surface area contributed by atoms with E-state index in [2.05, 4.69) is 34.1 Å². The number of piperidine rings is 1. The lowest BCUT2D eigenvalue weighted by molar-refractivity contribution is -0.0605. The summed E-state index contributed by atoms with van der Waals surface area (Å²) in [4.78, 5) is 9.15. The van der Waals surface area contributed by atoms with Crippen LogP contribution >= 0.6 is 0 Å². The summed E-state index contributed by atoms with van der Waals surface area (Å²) in [6.45, 7) is 6.92. The van der Waals surface area contributed by atoms with Crippen molar-refractivity contribution in [2.45, 2.75) is 32.0 Å². The second-order valence-corrected chi connectivity index (χ2v) is 7.57. The molecule has 5 nitrogen and oxygen atoms in total. The van der Waals surface area contributed by atoms with Crippen molar-refractivity contribution in [2.24, 2.45) is 10.9 Å². The van der Waals surface area contributed by atoms with Crippen molar-refractivity contribution < 1.29 is 9.13 Å². The molecule has 0 aliphatic carbocycles. The Kier molecular flexibility index (Phi) is 6.48. The van der Waals surface area contributed by atoms with E-state index in [0.29, 0.717) is 5.92 Å². The van der Waals surface area contributed by atoms with Crippen LogP contribution in [0.1, 0.15) is 31.4 Å². The smallest absolute Gasteiger partial charge is 0.193 e. The number of rotatable bonds is 3. The Balaban J connectivity index is 1.59. The van der Waals surface area contributed by atoms with E-state index in [4.69, 9.17) is 4.74 Å². The van der Waals surface area contributed by atoms with E-state index in [9.17, 15) is 4.39 Å². The Labute approximate surface area is 156 Å². The number of nitrogens with zero attached hydrogens (tertiary/aromatic N) is 3. The highest BCUT2D eigenvalue weighted by atomic mass is 19.1. The molecule has 0 bridgehead atoms. The predicted molar refractivity (Wildman–Crippen MR) is 103 cm³/mol. The summed E-state index contributed by atoms with van der Waals surface area (Å²) in [7, 11) is 4.03. The average Bonchev–Trinajstić information content (AvgIpc) is 2.64. The monoisotopic (exact) mass is 362 g/mol. The molecule has 2 aliphatic rings. The molecule has 2 unspecified atom stereocenters. The molecule has 0 aromatic heterocycles. The van der Waals surface area contributed by atoms with E-state index in [1.54, 1.807) is 0 Å². The van der Waals surface area contributed by atoms with E-state index in [1.807, 2.05) is 19.2 Å². The van der Waals surface area contributed by atoms with Crippen LogP contribution in [-0.4, -0.2) is 68.7 Å². The molecule has 0 radical (unpaired) electrons. The van der Waals surface area contributed by atoms with Crippen LogP contribution in [0.4, 0.5) is 4.39 Å². The van der Waals surface area contributed by atoms with Gasteiger partial charge in [0.15, 0.2) is 5.96 Å². The second-order valence-electron chi connectivity index (χ2n) is 7.57. The highest BCUT2D eigenvalue weighted by Crippen LogP contribution is 2.25. The number of hydrogen-bond acceptors (Lipinski definition) is 3. The zero-order valence-corrected chi connectivity index (χ0v) is 16.1. The molecule has 2 heterocycles. The van der Waals surface area contributed by atoms with Crippen LogP contribution in [0.15, 0.2) is 29.3 Å². The molecule has 0 amide bonds. The fourth-order valence-electron chi connectivity index (χ4n) is 3.82. The van der Waals surface area contributed by atoms with Gasteiger partial charge < -0.3 is 19.9 Å².